The lowest BCUT2D eigenvalue weighted by molar-refractivity contribution is -0.185. The third kappa shape index (κ3) is 2.13. The van der Waals surface area contributed by atoms with Crippen molar-refractivity contribution in [3.63, 3.8) is 0 Å². The van der Waals surface area contributed by atoms with Gasteiger partial charge >= 0.3 is 11.9 Å². The van der Waals surface area contributed by atoms with Crippen LogP contribution in [0.4, 0.5) is 0 Å². The van der Waals surface area contributed by atoms with Gasteiger partial charge < -0.3 is 25.2 Å². The highest BCUT2D eigenvalue weighted by Gasteiger charge is 2.51. The van der Waals surface area contributed by atoms with Crippen LogP contribution in [-0.4, -0.2) is 45.6 Å². The molecule has 7 nitrogen and oxygen atoms in total. The van der Waals surface area contributed by atoms with Gasteiger partial charge in [0.25, 0.3) is 0 Å². The Labute approximate surface area is 102 Å². The van der Waals surface area contributed by atoms with E-state index in [1.165, 1.54) is 31.4 Å². The van der Waals surface area contributed by atoms with Crippen molar-refractivity contribution in [1.29, 1.82) is 0 Å². The Hall–Kier alpha value is -2.12. The first-order valence-electron chi connectivity index (χ1n) is 4.85. The van der Waals surface area contributed by atoms with E-state index in [9.17, 15) is 19.8 Å². The van der Waals surface area contributed by atoms with Crippen LogP contribution in [0.15, 0.2) is 24.3 Å². The van der Waals surface area contributed by atoms with Crippen molar-refractivity contribution in [1.82, 2.24) is 0 Å². The number of para-hydroxylation sites is 1. The first-order valence-corrected chi connectivity index (χ1v) is 4.85. The van der Waals surface area contributed by atoms with E-state index >= 15 is 0 Å². The molecular formula is C11H12O7. The van der Waals surface area contributed by atoms with Gasteiger partial charge in [-0.1, -0.05) is 18.2 Å². The summed E-state index contributed by atoms with van der Waals surface area (Å²) in [5.74, 6) is -3.78. The fourth-order valence-corrected chi connectivity index (χ4v) is 1.52. The van der Waals surface area contributed by atoms with E-state index in [2.05, 4.69) is 0 Å². The molecule has 0 fully saturated rings. The van der Waals surface area contributed by atoms with E-state index in [1.54, 1.807) is 0 Å². The second-order valence-corrected chi connectivity index (χ2v) is 3.51. The summed E-state index contributed by atoms with van der Waals surface area (Å²) in [6.45, 7) is 0. The Bertz CT molecular complexity index is 470. The lowest BCUT2D eigenvalue weighted by Gasteiger charge is -2.27. The van der Waals surface area contributed by atoms with Crippen LogP contribution >= 0.6 is 0 Å². The third-order valence-electron chi connectivity index (χ3n) is 2.47. The van der Waals surface area contributed by atoms with Crippen LogP contribution in [0.3, 0.4) is 0 Å². The first-order chi connectivity index (χ1) is 8.35. The fraction of sp³-hybridized carbons (Fsp3) is 0.273. The molecule has 4 N–H and O–H groups in total. The highest BCUT2D eigenvalue weighted by atomic mass is 16.5. The van der Waals surface area contributed by atoms with Gasteiger partial charge in [-0.05, 0) is 6.07 Å². The molecule has 0 unspecified atom stereocenters. The predicted octanol–water partition coefficient (Wildman–Crippen LogP) is -0.587. The molecule has 0 aromatic heterocycles. The first kappa shape index (κ1) is 13.9. The SMILES string of the molecule is COc1ccccc1[C@](O)(C(=O)O)[C@@H](O)C(=O)O. The van der Waals surface area contributed by atoms with E-state index in [-0.39, 0.29) is 11.3 Å². The molecule has 0 aliphatic rings. The maximum Gasteiger partial charge on any atom is 0.344 e. The summed E-state index contributed by atoms with van der Waals surface area (Å²) in [6.07, 6.45) is -2.52. The number of carbonyl (C=O) groups is 2. The fourth-order valence-electron chi connectivity index (χ4n) is 1.52. The van der Waals surface area contributed by atoms with Crippen molar-refractivity contribution in [3.05, 3.63) is 29.8 Å². The Morgan fingerprint density at radius 3 is 2.28 bits per heavy atom. The van der Waals surface area contributed by atoms with Crippen molar-refractivity contribution >= 4 is 11.9 Å². The minimum Gasteiger partial charge on any atom is -0.496 e. The average molecular weight is 256 g/mol. The summed E-state index contributed by atoms with van der Waals surface area (Å²) in [5.41, 5.74) is -3.33. The molecule has 1 rings (SSSR count). The second-order valence-electron chi connectivity index (χ2n) is 3.51. The molecule has 0 bridgehead atoms. The molecule has 0 spiro atoms. The van der Waals surface area contributed by atoms with Crippen molar-refractivity contribution in [2.75, 3.05) is 7.11 Å². The van der Waals surface area contributed by atoms with Crippen LogP contribution in [-0.2, 0) is 15.2 Å². The highest BCUT2D eigenvalue weighted by Crippen LogP contribution is 2.33. The number of aliphatic hydroxyl groups is 2. The zero-order valence-corrected chi connectivity index (χ0v) is 9.40. The average Bonchev–Trinajstić information content (AvgIpc) is 2.36. The van der Waals surface area contributed by atoms with Gasteiger partial charge in [0.05, 0.1) is 7.11 Å². The molecule has 0 radical (unpaired) electrons. The summed E-state index contributed by atoms with van der Waals surface area (Å²) in [4.78, 5) is 21.8. The molecule has 0 amide bonds. The van der Waals surface area contributed by atoms with Gasteiger partial charge in [0.1, 0.15) is 5.75 Å². The molecule has 0 aliphatic heterocycles. The molecule has 1 aromatic carbocycles. The topological polar surface area (TPSA) is 124 Å². The predicted molar refractivity (Wildman–Crippen MR) is 58.2 cm³/mol. The van der Waals surface area contributed by atoms with Gasteiger partial charge in [0.15, 0.2) is 6.10 Å². The van der Waals surface area contributed by atoms with Crippen LogP contribution in [0.5, 0.6) is 5.75 Å². The van der Waals surface area contributed by atoms with Crippen LogP contribution < -0.4 is 4.74 Å². The van der Waals surface area contributed by atoms with Gasteiger partial charge in [0.2, 0.25) is 5.60 Å². The van der Waals surface area contributed by atoms with Gasteiger partial charge in [-0.15, -0.1) is 0 Å². The number of methoxy groups -OCH3 is 1. The van der Waals surface area contributed by atoms with E-state index < -0.39 is 23.6 Å². The zero-order chi connectivity index (χ0) is 13.9. The summed E-state index contributed by atoms with van der Waals surface area (Å²) in [7, 11) is 1.23. The summed E-state index contributed by atoms with van der Waals surface area (Å²) >= 11 is 0. The number of aliphatic carboxylic acids is 2. The lowest BCUT2D eigenvalue weighted by atomic mass is 9.87. The van der Waals surface area contributed by atoms with Crippen molar-refractivity contribution in [3.8, 4) is 5.75 Å². The van der Waals surface area contributed by atoms with E-state index in [0.29, 0.717) is 0 Å². The van der Waals surface area contributed by atoms with E-state index in [4.69, 9.17) is 14.9 Å². The standard InChI is InChI=1S/C11H12O7/c1-18-7-5-3-2-4-6(7)11(17,10(15)16)8(12)9(13)14/h2-5,8,12,17H,1H3,(H,13,14)(H,15,16)/t8-,11+/m0/s1. The van der Waals surface area contributed by atoms with Gasteiger partial charge in [-0.3, -0.25) is 0 Å². The maximum atomic E-state index is 11.1. The van der Waals surface area contributed by atoms with E-state index in [1.807, 2.05) is 0 Å². The normalized spacial score (nSPS) is 15.5. The Balaban J connectivity index is 3.45. The van der Waals surface area contributed by atoms with Gasteiger partial charge in [-0.2, -0.15) is 0 Å². The Morgan fingerprint density at radius 2 is 1.83 bits per heavy atom. The van der Waals surface area contributed by atoms with Gasteiger partial charge in [0, 0.05) is 5.56 Å². The van der Waals surface area contributed by atoms with Crippen molar-refractivity contribution in [2.45, 2.75) is 11.7 Å². The van der Waals surface area contributed by atoms with Crippen molar-refractivity contribution in [2.24, 2.45) is 0 Å². The minimum atomic E-state index is -2.99. The Morgan fingerprint density at radius 1 is 1.28 bits per heavy atom. The smallest absolute Gasteiger partial charge is 0.344 e. The van der Waals surface area contributed by atoms with Crippen LogP contribution in [0.25, 0.3) is 0 Å². The number of carboxylic acid groups (broad SMARTS) is 2. The van der Waals surface area contributed by atoms with Crippen LogP contribution in [0.2, 0.25) is 0 Å². The minimum absolute atomic E-state index is 0.0392. The summed E-state index contributed by atoms with van der Waals surface area (Å²) in [5, 5.41) is 37.1. The Kier molecular flexibility index (Phi) is 3.89. The quantitative estimate of drug-likeness (QED) is 0.555. The molecule has 0 aliphatic carbocycles. The molecule has 1 aromatic rings. The molecule has 2 atom stereocenters. The number of rotatable bonds is 5. The third-order valence-corrected chi connectivity index (χ3v) is 2.47. The van der Waals surface area contributed by atoms with Gasteiger partial charge in [-0.25, -0.2) is 9.59 Å². The monoisotopic (exact) mass is 256 g/mol. The van der Waals surface area contributed by atoms with Crippen molar-refractivity contribution < 1.29 is 34.8 Å². The summed E-state index contributed by atoms with van der Waals surface area (Å²) < 4.78 is 4.84. The molecular weight excluding hydrogens is 244 g/mol. The number of carboxylic acids is 2. The molecule has 7 heteroatoms. The number of ether oxygens (including phenoxy) is 1. The lowest BCUT2D eigenvalue weighted by Crippen LogP contribution is -2.50. The second kappa shape index (κ2) is 5.03. The number of aliphatic hydroxyl groups excluding tert-OH is 1. The highest BCUT2D eigenvalue weighted by molar-refractivity contribution is 5.89. The van der Waals surface area contributed by atoms with E-state index in [0.717, 1.165) is 0 Å². The molecule has 18 heavy (non-hydrogen) atoms. The number of hydrogen-bond donors (Lipinski definition) is 4. The zero-order valence-electron chi connectivity index (χ0n) is 9.40. The molecule has 0 heterocycles. The van der Waals surface area contributed by atoms with Crippen LogP contribution in [0.1, 0.15) is 5.56 Å². The largest absolute Gasteiger partial charge is 0.496 e. The molecule has 0 saturated heterocycles. The number of benzene rings is 1. The maximum absolute atomic E-state index is 11.1. The molecule has 0 saturated carbocycles. The van der Waals surface area contributed by atoms with Crippen LogP contribution in [0, 0.1) is 0 Å². The summed E-state index contributed by atoms with van der Waals surface area (Å²) in [6, 6.07) is 5.41. The number of hydrogen-bond acceptors (Lipinski definition) is 5. The molecule has 98 valence electrons.